The van der Waals surface area contributed by atoms with E-state index in [4.69, 9.17) is 5.11 Å². The first kappa shape index (κ1) is 10.9. The van der Waals surface area contributed by atoms with Gasteiger partial charge >= 0.3 is 0 Å². The zero-order chi connectivity index (χ0) is 9.68. The average Bonchev–Trinajstić information content (AvgIpc) is 2.30. The number of aliphatic hydroxyl groups excluding tert-OH is 1. The lowest BCUT2D eigenvalue weighted by atomic mass is 10.2. The summed E-state index contributed by atoms with van der Waals surface area (Å²) in [7, 11) is 0. The Bertz CT molecular complexity index is 143. The van der Waals surface area contributed by atoms with Crippen molar-refractivity contribution in [3.8, 4) is 0 Å². The third kappa shape index (κ3) is 4.05. The van der Waals surface area contributed by atoms with Gasteiger partial charge < -0.3 is 10.0 Å². The van der Waals surface area contributed by atoms with E-state index in [0.717, 1.165) is 25.9 Å². The first-order valence-corrected chi connectivity index (χ1v) is 5.19. The van der Waals surface area contributed by atoms with E-state index >= 15 is 0 Å². The van der Waals surface area contributed by atoms with Crippen molar-refractivity contribution in [1.29, 1.82) is 0 Å². The summed E-state index contributed by atoms with van der Waals surface area (Å²) < 4.78 is 13.1. The average molecular weight is 189 g/mol. The van der Waals surface area contributed by atoms with Gasteiger partial charge in [0.05, 0.1) is 0 Å². The minimum absolute atomic E-state index is 0.202. The summed E-state index contributed by atoms with van der Waals surface area (Å²) in [5, 5.41) is 8.88. The summed E-state index contributed by atoms with van der Waals surface area (Å²) in [5.41, 5.74) is 0. The third-order valence-corrected chi connectivity index (χ3v) is 2.58. The molecule has 2 nitrogen and oxygen atoms in total. The highest BCUT2D eigenvalue weighted by Crippen LogP contribution is 2.14. The van der Waals surface area contributed by atoms with Crippen molar-refractivity contribution >= 4 is 0 Å². The molecule has 1 fully saturated rings. The Balaban J connectivity index is 2.30. The van der Waals surface area contributed by atoms with E-state index in [1.807, 2.05) is 6.92 Å². The normalized spacial score (nSPS) is 28.4. The Kier molecular flexibility index (Phi) is 4.67. The number of aliphatic hydroxyl groups is 1. The molecule has 0 spiro atoms. The largest absolute Gasteiger partial charge is 0.396 e. The molecule has 0 aromatic heterocycles. The maximum atomic E-state index is 13.1. The van der Waals surface area contributed by atoms with Gasteiger partial charge in [-0.1, -0.05) is 6.92 Å². The molecular formula is C10H20FNO. The molecule has 1 aliphatic heterocycles. The molecule has 1 aliphatic rings. The summed E-state index contributed by atoms with van der Waals surface area (Å²) in [4.78, 5) is 2.14. The number of hydrogen-bond acceptors (Lipinski definition) is 2. The van der Waals surface area contributed by atoms with Gasteiger partial charge in [-0.3, -0.25) is 0 Å². The lowest BCUT2D eigenvalue weighted by Gasteiger charge is -2.23. The number of nitrogens with zero attached hydrogens (tertiary/aromatic N) is 1. The summed E-state index contributed by atoms with van der Waals surface area (Å²) in [6.07, 6.45) is 2.15. The monoisotopic (exact) mass is 189 g/mol. The van der Waals surface area contributed by atoms with Gasteiger partial charge in [-0.25, -0.2) is 4.39 Å². The zero-order valence-corrected chi connectivity index (χ0v) is 8.38. The Morgan fingerprint density at radius 1 is 1.54 bits per heavy atom. The van der Waals surface area contributed by atoms with E-state index in [1.54, 1.807) is 0 Å². The van der Waals surface area contributed by atoms with Crippen LogP contribution in [0.3, 0.4) is 0 Å². The van der Waals surface area contributed by atoms with Crippen molar-refractivity contribution in [1.82, 2.24) is 4.90 Å². The molecule has 1 N–H and O–H groups in total. The lowest BCUT2D eigenvalue weighted by molar-refractivity contribution is 0.152. The first-order chi connectivity index (χ1) is 6.22. The summed E-state index contributed by atoms with van der Waals surface area (Å²) in [5.74, 6) is 0.269. The lowest BCUT2D eigenvalue weighted by Crippen LogP contribution is -2.34. The fraction of sp³-hybridized carbons (Fsp3) is 1.00. The number of rotatable bonds is 3. The van der Waals surface area contributed by atoms with Crippen molar-refractivity contribution in [3.05, 3.63) is 0 Å². The standard InChI is InChI=1S/C10H20FNO/c1-9(8-13)6-12-5-3-2-4-10(11)7-12/h9-10,13H,2-8H2,1H3. The smallest absolute Gasteiger partial charge is 0.113 e. The highest BCUT2D eigenvalue weighted by molar-refractivity contribution is 4.71. The van der Waals surface area contributed by atoms with E-state index in [1.165, 1.54) is 0 Å². The molecule has 78 valence electrons. The molecule has 0 aliphatic carbocycles. The first-order valence-electron chi connectivity index (χ1n) is 5.19. The number of hydrogen-bond donors (Lipinski definition) is 1. The summed E-state index contributed by atoms with van der Waals surface area (Å²) in [6, 6.07) is 0. The molecule has 13 heavy (non-hydrogen) atoms. The molecular weight excluding hydrogens is 169 g/mol. The topological polar surface area (TPSA) is 23.5 Å². The van der Waals surface area contributed by atoms with Crippen molar-refractivity contribution in [2.24, 2.45) is 5.92 Å². The van der Waals surface area contributed by atoms with Crippen LogP contribution in [0.15, 0.2) is 0 Å². The molecule has 0 saturated carbocycles. The van der Waals surface area contributed by atoms with Gasteiger partial charge in [-0.05, 0) is 31.7 Å². The Hall–Kier alpha value is -0.150. The minimum Gasteiger partial charge on any atom is -0.396 e. The Labute approximate surface area is 79.7 Å². The van der Waals surface area contributed by atoms with Crippen LogP contribution in [0.5, 0.6) is 0 Å². The molecule has 0 radical (unpaired) electrons. The predicted octanol–water partition coefficient (Wildman–Crippen LogP) is 1.44. The molecule has 0 amide bonds. The van der Waals surface area contributed by atoms with Crippen LogP contribution in [0.2, 0.25) is 0 Å². The molecule has 1 heterocycles. The van der Waals surface area contributed by atoms with Gasteiger partial charge in [0.2, 0.25) is 0 Å². The minimum atomic E-state index is -0.659. The van der Waals surface area contributed by atoms with E-state index in [0.29, 0.717) is 13.0 Å². The van der Waals surface area contributed by atoms with Gasteiger partial charge in [-0.15, -0.1) is 0 Å². The van der Waals surface area contributed by atoms with Crippen LogP contribution in [-0.4, -0.2) is 42.4 Å². The van der Waals surface area contributed by atoms with Gasteiger partial charge in [0, 0.05) is 19.7 Å². The van der Waals surface area contributed by atoms with Gasteiger partial charge in [0.1, 0.15) is 6.17 Å². The fourth-order valence-corrected chi connectivity index (χ4v) is 1.83. The van der Waals surface area contributed by atoms with Crippen LogP contribution >= 0.6 is 0 Å². The second-order valence-electron chi connectivity index (χ2n) is 4.14. The van der Waals surface area contributed by atoms with Crippen molar-refractivity contribution in [3.63, 3.8) is 0 Å². The maximum absolute atomic E-state index is 13.1. The van der Waals surface area contributed by atoms with E-state index in [2.05, 4.69) is 4.90 Å². The molecule has 0 aromatic carbocycles. The molecule has 1 rings (SSSR count). The molecule has 2 unspecified atom stereocenters. The number of likely N-dealkylation sites (tertiary alicyclic amines) is 1. The van der Waals surface area contributed by atoms with Gasteiger partial charge in [-0.2, -0.15) is 0 Å². The van der Waals surface area contributed by atoms with E-state index in [9.17, 15) is 4.39 Å². The van der Waals surface area contributed by atoms with E-state index in [-0.39, 0.29) is 12.5 Å². The van der Waals surface area contributed by atoms with Crippen LogP contribution < -0.4 is 0 Å². The molecule has 1 saturated heterocycles. The molecule has 0 aromatic rings. The van der Waals surface area contributed by atoms with Crippen LogP contribution in [0, 0.1) is 5.92 Å². The second-order valence-corrected chi connectivity index (χ2v) is 4.14. The molecule has 3 heteroatoms. The highest BCUT2D eigenvalue weighted by Gasteiger charge is 2.18. The summed E-state index contributed by atoms with van der Waals surface area (Å²) in [6.45, 7) is 4.58. The Morgan fingerprint density at radius 2 is 2.31 bits per heavy atom. The van der Waals surface area contributed by atoms with Crippen LogP contribution in [0.1, 0.15) is 26.2 Å². The van der Waals surface area contributed by atoms with Crippen molar-refractivity contribution in [2.75, 3.05) is 26.2 Å². The number of halogens is 1. The molecule has 2 atom stereocenters. The van der Waals surface area contributed by atoms with E-state index < -0.39 is 6.17 Å². The van der Waals surface area contributed by atoms with Crippen LogP contribution in [-0.2, 0) is 0 Å². The third-order valence-electron chi connectivity index (χ3n) is 2.58. The zero-order valence-electron chi connectivity index (χ0n) is 8.38. The summed E-state index contributed by atoms with van der Waals surface area (Å²) >= 11 is 0. The highest BCUT2D eigenvalue weighted by atomic mass is 19.1. The van der Waals surface area contributed by atoms with Gasteiger partial charge in [0.25, 0.3) is 0 Å². The second kappa shape index (κ2) is 5.55. The SMILES string of the molecule is CC(CO)CN1CCCCC(F)C1. The van der Waals surface area contributed by atoms with Crippen LogP contribution in [0.4, 0.5) is 4.39 Å². The Morgan fingerprint density at radius 3 is 3.00 bits per heavy atom. The fourth-order valence-electron chi connectivity index (χ4n) is 1.83. The maximum Gasteiger partial charge on any atom is 0.113 e. The van der Waals surface area contributed by atoms with Crippen molar-refractivity contribution < 1.29 is 9.50 Å². The predicted molar refractivity (Wildman–Crippen MR) is 51.4 cm³/mol. The quantitative estimate of drug-likeness (QED) is 0.726. The van der Waals surface area contributed by atoms with Crippen molar-refractivity contribution in [2.45, 2.75) is 32.4 Å². The van der Waals surface area contributed by atoms with Gasteiger partial charge in [0.15, 0.2) is 0 Å². The van der Waals surface area contributed by atoms with Crippen LogP contribution in [0.25, 0.3) is 0 Å². The molecule has 0 bridgehead atoms. The number of alkyl halides is 1.